The lowest BCUT2D eigenvalue weighted by atomic mass is 9.80. The third-order valence-electron chi connectivity index (χ3n) is 6.48. The van der Waals surface area contributed by atoms with Crippen LogP contribution in [0.2, 0.25) is 5.15 Å². The van der Waals surface area contributed by atoms with E-state index in [9.17, 15) is 14.4 Å². The summed E-state index contributed by atoms with van der Waals surface area (Å²) in [6.07, 6.45) is 5.08. The highest BCUT2D eigenvalue weighted by Gasteiger charge is 2.36. The number of nitrogens with two attached hydrogens (primary N) is 1. The number of carbonyl (C=O) groups is 3. The summed E-state index contributed by atoms with van der Waals surface area (Å²) < 4.78 is 5.56. The number of hydrogen-bond donors (Lipinski definition) is 1. The second-order valence-electron chi connectivity index (χ2n) is 10.1. The van der Waals surface area contributed by atoms with Crippen LogP contribution in [0.5, 0.6) is 0 Å². The van der Waals surface area contributed by atoms with Crippen molar-refractivity contribution in [3.05, 3.63) is 29.0 Å². The van der Waals surface area contributed by atoms with Crippen LogP contribution in [-0.2, 0) is 14.3 Å². The van der Waals surface area contributed by atoms with Crippen molar-refractivity contribution in [1.82, 2.24) is 14.8 Å². The second kappa shape index (κ2) is 10.8. The number of pyridine rings is 1. The third kappa shape index (κ3) is 7.14. The van der Waals surface area contributed by atoms with Gasteiger partial charge < -0.3 is 15.4 Å². The van der Waals surface area contributed by atoms with Crippen LogP contribution in [-0.4, -0.2) is 70.4 Å². The molecule has 0 aromatic carbocycles. The van der Waals surface area contributed by atoms with Crippen LogP contribution >= 0.6 is 11.6 Å². The molecule has 33 heavy (non-hydrogen) atoms. The van der Waals surface area contributed by atoms with Crippen LogP contribution in [0.15, 0.2) is 18.3 Å². The van der Waals surface area contributed by atoms with E-state index in [0.29, 0.717) is 38.0 Å². The van der Waals surface area contributed by atoms with Crippen molar-refractivity contribution in [3.63, 3.8) is 0 Å². The molecular formula is C24H35ClN4O4. The molecule has 2 fully saturated rings. The molecule has 2 saturated heterocycles. The number of ether oxygens (including phenoxy) is 1. The molecular weight excluding hydrogens is 444 g/mol. The summed E-state index contributed by atoms with van der Waals surface area (Å²) in [6.45, 7) is 8.25. The molecule has 0 unspecified atom stereocenters. The lowest BCUT2D eigenvalue weighted by Gasteiger charge is -2.39. The van der Waals surface area contributed by atoms with Crippen molar-refractivity contribution in [3.8, 4) is 0 Å². The average molecular weight is 479 g/mol. The fraction of sp³-hybridized carbons (Fsp3) is 0.667. The van der Waals surface area contributed by atoms with E-state index in [-0.39, 0.29) is 40.8 Å². The van der Waals surface area contributed by atoms with Crippen LogP contribution in [0.25, 0.3) is 0 Å². The molecule has 3 rings (SSSR count). The first-order chi connectivity index (χ1) is 15.5. The van der Waals surface area contributed by atoms with Crippen LogP contribution in [0, 0.1) is 11.8 Å². The van der Waals surface area contributed by atoms with Gasteiger partial charge in [0.15, 0.2) is 0 Å². The predicted octanol–water partition coefficient (Wildman–Crippen LogP) is 2.88. The first kappa shape index (κ1) is 25.4. The van der Waals surface area contributed by atoms with E-state index in [2.05, 4.69) is 9.88 Å². The Hall–Kier alpha value is -2.19. The van der Waals surface area contributed by atoms with Gasteiger partial charge in [-0.2, -0.15) is 0 Å². The van der Waals surface area contributed by atoms with Crippen molar-refractivity contribution in [1.29, 1.82) is 0 Å². The molecule has 9 heteroatoms. The number of carbonyl (C=O) groups excluding carboxylic acids is 3. The number of amides is 2. The number of nitrogens with zero attached hydrogens (tertiary/aromatic N) is 3. The molecule has 0 spiro atoms. The SMILES string of the molecule is CC(C)(C)OC(=O)C[C@@H]1CCN(C(=O)c2ccnc(Cl)c2)C[C@@H]1CCN1CCC[C@H]1C(N)=O. The third-order valence-corrected chi connectivity index (χ3v) is 6.69. The summed E-state index contributed by atoms with van der Waals surface area (Å²) in [5, 5.41) is 0.281. The zero-order chi connectivity index (χ0) is 24.2. The van der Waals surface area contributed by atoms with Crippen molar-refractivity contribution in [2.45, 2.75) is 64.5 Å². The smallest absolute Gasteiger partial charge is 0.306 e. The van der Waals surface area contributed by atoms with Crippen LogP contribution in [0.1, 0.15) is 63.2 Å². The van der Waals surface area contributed by atoms with E-state index in [1.165, 1.54) is 6.20 Å². The minimum absolute atomic E-state index is 0.0868. The standard InChI is InChI=1S/C24H35ClN4O4/c1-24(2,3)33-21(30)14-16-7-12-29(23(32)17-6-9-27-20(25)13-17)15-18(16)8-11-28-10-4-5-19(28)22(26)31/h6,9,13,16,18-19H,4-5,7-8,10-12,14-15H2,1-3H3,(H2,26,31)/t16-,18-,19-/m0/s1. The summed E-state index contributed by atoms with van der Waals surface area (Å²) in [5.74, 6) is -0.361. The minimum Gasteiger partial charge on any atom is -0.460 e. The number of halogens is 1. The topological polar surface area (TPSA) is 106 Å². The quantitative estimate of drug-likeness (QED) is 0.477. The Morgan fingerprint density at radius 1 is 1.21 bits per heavy atom. The number of aromatic nitrogens is 1. The molecule has 8 nitrogen and oxygen atoms in total. The lowest BCUT2D eigenvalue weighted by molar-refractivity contribution is -0.156. The van der Waals surface area contributed by atoms with Gasteiger partial charge in [0.05, 0.1) is 6.04 Å². The van der Waals surface area contributed by atoms with Crippen LogP contribution in [0.4, 0.5) is 0 Å². The predicted molar refractivity (Wildman–Crippen MR) is 126 cm³/mol. The average Bonchev–Trinajstić information content (AvgIpc) is 3.20. The van der Waals surface area contributed by atoms with Crippen LogP contribution in [0.3, 0.4) is 0 Å². The number of likely N-dealkylation sites (tertiary alicyclic amines) is 2. The maximum atomic E-state index is 13.1. The Kier molecular flexibility index (Phi) is 8.34. The first-order valence-corrected chi connectivity index (χ1v) is 12.1. The van der Waals surface area contributed by atoms with Gasteiger partial charge in [-0.05, 0) is 83.5 Å². The summed E-state index contributed by atoms with van der Waals surface area (Å²) >= 11 is 5.97. The largest absolute Gasteiger partial charge is 0.460 e. The molecule has 2 aliphatic heterocycles. The van der Waals surface area contributed by atoms with E-state index in [0.717, 1.165) is 25.8 Å². The lowest BCUT2D eigenvalue weighted by Crippen LogP contribution is -2.46. The molecule has 0 aliphatic carbocycles. The normalized spacial score (nSPS) is 24.0. The van der Waals surface area contributed by atoms with Crippen molar-refractivity contribution >= 4 is 29.4 Å². The highest BCUT2D eigenvalue weighted by molar-refractivity contribution is 6.29. The number of esters is 1. The van der Waals surface area contributed by atoms with Gasteiger partial charge in [0.1, 0.15) is 10.8 Å². The molecule has 182 valence electrons. The summed E-state index contributed by atoms with van der Waals surface area (Å²) in [6, 6.07) is 3.01. The molecule has 0 bridgehead atoms. The van der Waals surface area contributed by atoms with Gasteiger partial charge in [0, 0.05) is 31.3 Å². The monoisotopic (exact) mass is 478 g/mol. The molecule has 3 atom stereocenters. The molecule has 0 saturated carbocycles. The summed E-state index contributed by atoms with van der Waals surface area (Å²) in [7, 11) is 0. The highest BCUT2D eigenvalue weighted by Crippen LogP contribution is 2.32. The maximum absolute atomic E-state index is 13.1. The minimum atomic E-state index is -0.534. The van der Waals surface area contributed by atoms with Gasteiger partial charge in [0.2, 0.25) is 5.91 Å². The van der Waals surface area contributed by atoms with Crippen molar-refractivity contribution < 1.29 is 19.1 Å². The molecule has 3 heterocycles. The van der Waals surface area contributed by atoms with E-state index in [1.807, 2.05) is 25.7 Å². The zero-order valence-corrected chi connectivity index (χ0v) is 20.5. The Labute approximate surface area is 200 Å². The fourth-order valence-electron chi connectivity index (χ4n) is 4.92. The van der Waals surface area contributed by atoms with Gasteiger partial charge in [-0.3, -0.25) is 19.3 Å². The van der Waals surface area contributed by atoms with E-state index < -0.39 is 5.60 Å². The van der Waals surface area contributed by atoms with Gasteiger partial charge in [-0.15, -0.1) is 0 Å². The zero-order valence-electron chi connectivity index (χ0n) is 19.8. The highest BCUT2D eigenvalue weighted by atomic mass is 35.5. The van der Waals surface area contributed by atoms with Gasteiger partial charge >= 0.3 is 5.97 Å². The van der Waals surface area contributed by atoms with Gasteiger partial charge in [-0.1, -0.05) is 11.6 Å². The summed E-state index contributed by atoms with van der Waals surface area (Å²) in [4.78, 5) is 45.3. The van der Waals surface area contributed by atoms with E-state index >= 15 is 0 Å². The summed E-state index contributed by atoms with van der Waals surface area (Å²) in [5.41, 5.74) is 5.55. The van der Waals surface area contributed by atoms with Crippen molar-refractivity contribution in [2.75, 3.05) is 26.2 Å². The maximum Gasteiger partial charge on any atom is 0.306 e. The van der Waals surface area contributed by atoms with Crippen molar-refractivity contribution in [2.24, 2.45) is 17.6 Å². The van der Waals surface area contributed by atoms with Crippen LogP contribution < -0.4 is 5.73 Å². The Morgan fingerprint density at radius 3 is 2.64 bits per heavy atom. The number of rotatable bonds is 7. The Bertz CT molecular complexity index is 872. The fourth-order valence-corrected chi connectivity index (χ4v) is 5.10. The van der Waals surface area contributed by atoms with E-state index in [4.69, 9.17) is 22.1 Å². The van der Waals surface area contributed by atoms with Gasteiger partial charge in [0.25, 0.3) is 5.91 Å². The van der Waals surface area contributed by atoms with Gasteiger partial charge in [-0.25, -0.2) is 4.98 Å². The molecule has 2 amide bonds. The molecule has 2 N–H and O–H groups in total. The number of piperidine rings is 1. The molecule has 2 aliphatic rings. The Balaban J connectivity index is 1.70. The second-order valence-corrected chi connectivity index (χ2v) is 10.5. The molecule has 1 aromatic heterocycles. The number of hydrogen-bond acceptors (Lipinski definition) is 6. The Morgan fingerprint density at radius 2 is 1.97 bits per heavy atom. The molecule has 0 radical (unpaired) electrons. The number of primary amides is 1. The van der Waals surface area contributed by atoms with E-state index in [1.54, 1.807) is 12.1 Å². The first-order valence-electron chi connectivity index (χ1n) is 11.7. The molecule has 1 aromatic rings.